The van der Waals surface area contributed by atoms with Crippen LogP contribution < -0.4 is 0 Å². The van der Waals surface area contributed by atoms with Gasteiger partial charge in [0.25, 0.3) is 0 Å². The molecule has 3 heteroatoms. The van der Waals surface area contributed by atoms with Gasteiger partial charge in [0.1, 0.15) is 0 Å². The lowest BCUT2D eigenvalue weighted by Gasteiger charge is -2.05. The second-order valence-electron chi connectivity index (χ2n) is 2.22. The van der Waals surface area contributed by atoms with Crippen molar-refractivity contribution < 1.29 is 9.47 Å². The van der Waals surface area contributed by atoms with Crippen LogP contribution >= 0.6 is 0 Å². The highest BCUT2D eigenvalue weighted by molar-refractivity contribution is 4.68. The Hall–Kier alpha value is -0.590. The summed E-state index contributed by atoms with van der Waals surface area (Å²) in [7, 11) is 0. The van der Waals surface area contributed by atoms with Crippen molar-refractivity contribution in [1.29, 1.82) is 5.26 Å². The van der Waals surface area contributed by atoms with E-state index in [1.54, 1.807) is 0 Å². The van der Waals surface area contributed by atoms with E-state index in [-0.39, 0.29) is 6.29 Å². The molecule has 0 spiro atoms. The van der Waals surface area contributed by atoms with Crippen LogP contribution in [-0.2, 0) is 9.47 Å². The minimum absolute atomic E-state index is 0.0339. The Kier molecular flexibility index (Phi) is 3.20. The smallest absolute Gasteiger partial charge is 0.157 e. The van der Waals surface area contributed by atoms with Gasteiger partial charge in [-0.25, -0.2) is 0 Å². The molecule has 1 saturated heterocycles. The lowest BCUT2D eigenvalue weighted by atomic mass is 10.2. The number of ether oxygens (including phenoxy) is 2. The molecule has 0 atom stereocenters. The zero-order chi connectivity index (χ0) is 7.23. The highest BCUT2D eigenvalue weighted by Crippen LogP contribution is 2.10. The van der Waals surface area contributed by atoms with Crippen LogP contribution in [0.2, 0.25) is 0 Å². The average Bonchev–Trinajstić information content (AvgIpc) is 2.41. The number of hydrogen-bond donors (Lipinski definition) is 0. The molecule has 3 nitrogen and oxygen atoms in total. The van der Waals surface area contributed by atoms with Gasteiger partial charge in [0.15, 0.2) is 6.29 Å². The second-order valence-corrected chi connectivity index (χ2v) is 2.22. The van der Waals surface area contributed by atoms with Crippen LogP contribution in [0.15, 0.2) is 0 Å². The van der Waals surface area contributed by atoms with Crippen molar-refractivity contribution in [3.05, 3.63) is 0 Å². The zero-order valence-electron chi connectivity index (χ0n) is 5.88. The predicted molar refractivity (Wildman–Crippen MR) is 35.2 cm³/mol. The molecule has 0 unspecified atom stereocenters. The summed E-state index contributed by atoms with van der Waals surface area (Å²) >= 11 is 0. The highest BCUT2D eigenvalue weighted by atomic mass is 16.7. The molecule has 0 radical (unpaired) electrons. The van der Waals surface area contributed by atoms with Gasteiger partial charge in [-0.1, -0.05) is 0 Å². The molecule has 0 aromatic rings. The maximum atomic E-state index is 8.21. The van der Waals surface area contributed by atoms with Crippen LogP contribution in [0.3, 0.4) is 0 Å². The monoisotopic (exact) mass is 141 g/mol. The van der Waals surface area contributed by atoms with E-state index in [9.17, 15) is 0 Å². The summed E-state index contributed by atoms with van der Waals surface area (Å²) in [5.41, 5.74) is 0. The minimum atomic E-state index is -0.0339. The summed E-state index contributed by atoms with van der Waals surface area (Å²) in [5.74, 6) is 0. The van der Waals surface area contributed by atoms with Crippen LogP contribution in [-0.4, -0.2) is 19.5 Å². The van der Waals surface area contributed by atoms with Gasteiger partial charge < -0.3 is 9.47 Å². The fraction of sp³-hybridized carbons (Fsp3) is 0.857. The highest BCUT2D eigenvalue weighted by Gasteiger charge is 2.14. The Morgan fingerprint density at radius 2 is 2.10 bits per heavy atom. The lowest BCUT2D eigenvalue weighted by Crippen LogP contribution is -2.06. The summed E-state index contributed by atoms with van der Waals surface area (Å²) in [6, 6.07) is 2.08. The molecule has 0 aliphatic carbocycles. The van der Waals surface area contributed by atoms with E-state index in [0.717, 1.165) is 12.8 Å². The topological polar surface area (TPSA) is 42.2 Å². The lowest BCUT2D eigenvalue weighted by molar-refractivity contribution is -0.0474. The molecule has 10 heavy (non-hydrogen) atoms. The van der Waals surface area contributed by atoms with Gasteiger partial charge in [-0.3, -0.25) is 0 Å². The molecule has 0 aromatic carbocycles. The normalized spacial score (nSPS) is 19.1. The third-order valence-electron chi connectivity index (χ3n) is 1.42. The van der Waals surface area contributed by atoms with E-state index >= 15 is 0 Å². The first-order chi connectivity index (χ1) is 4.93. The van der Waals surface area contributed by atoms with Crippen LogP contribution in [0, 0.1) is 11.3 Å². The second kappa shape index (κ2) is 4.26. The molecule has 0 aromatic heterocycles. The number of rotatable bonds is 3. The average molecular weight is 141 g/mol. The summed E-state index contributed by atoms with van der Waals surface area (Å²) in [5, 5.41) is 8.21. The number of nitrogens with zero attached hydrogens (tertiary/aromatic N) is 1. The van der Waals surface area contributed by atoms with Crippen molar-refractivity contribution in [2.45, 2.75) is 25.6 Å². The van der Waals surface area contributed by atoms with Crippen molar-refractivity contribution >= 4 is 0 Å². The minimum Gasteiger partial charge on any atom is -0.350 e. The molecule has 56 valence electrons. The molecule has 1 aliphatic rings. The van der Waals surface area contributed by atoms with E-state index in [1.165, 1.54) is 0 Å². The van der Waals surface area contributed by atoms with Gasteiger partial charge in [0, 0.05) is 6.42 Å². The molecule has 0 N–H and O–H groups in total. The van der Waals surface area contributed by atoms with Crippen LogP contribution in [0.4, 0.5) is 0 Å². The maximum absolute atomic E-state index is 8.21. The molecule has 1 heterocycles. The first-order valence-electron chi connectivity index (χ1n) is 3.53. The molecular formula is C7H11NO2. The summed E-state index contributed by atoms with van der Waals surface area (Å²) in [6.45, 7) is 1.41. The standard InChI is InChI=1S/C7H11NO2/c8-4-2-1-3-7-9-5-6-10-7/h7H,1-3,5-6H2. The third-order valence-corrected chi connectivity index (χ3v) is 1.42. The number of unbranched alkanes of at least 4 members (excludes halogenated alkanes) is 1. The van der Waals surface area contributed by atoms with Gasteiger partial charge in [0.05, 0.1) is 19.3 Å². The van der Waals surface area contributed by atoms with Gasteiger partial charge in [0.2, 0.25) is 0 Å². The summed E-state index contributed by atoms with van der Waals surface area (Å²) < 4.78 is 10.3. The Bertz CT molecular complexity index is 124. The molecule has 0 saturated carbocycles. The maximum Gasteiger partial charge on any atom is 0.157 e. The Labute approximate surface area is 60.5 Å². The van der Waals surface area contributed by atoms with Crippen LogP contribution in [0.5, 0.6) is 0 Å². The molecule has 1 fully saturated rings. The quantitative estimate of drug-likeness (QED) is 0.552. The van der Waals surface area contributed by atoms with Crippen molar-refractivity contribution in [2.24, 2.45) is 0 Å². The van der Waals surface area contributed by atoms with E-state index in [1.807, 2.05) is 0 Å². The fourth-order valence-electron chi connectivity index (χ4n) is 0.922. The number of nitriles is 1. The van der Waals surface area contributed by atoms with E-state index in [4.69, 9.17) is 14.7 Å². The SMILES string of the molecule is N#CCCCC1OCCO1. The van der Waals surface area contributed by atoms with E-state index in [2.05, 4.69) is 6.07 Å². The largest absolute Gasteiger partial charge is 0.350 e. The number of hydrogen-bond acceptors (Lipinski definition) is 3. The van der Waals surface area contributed by atoms with Gasteiger partial charge in [-0.2, -0.15) is 5.26 Å². The van der Waals surface area contributed by atoms with E-state index in [0.29, 0.717) is 19.6 Å². The molecule has 0 amide bonds. The Morgan fingerprint density at radius 1 is 1.40 bits per heavy atom. The van der Waals surface area contributed by atoms with E-state index < -0.39 is 0 Å². The van der Waals surface area contributed by atoms with Crippen LogP contribution in [0.25, 0.3) is 0 Å². The Morgan fingerprint density at radius 3 is 2.70 bits per heavy atom. The van der Waals surface area contributed by atoms with Gasteiger partial charge in [-0.05, 0) is 12.8 Å². The van der Waals surface area contributed by atoms with Crippen molar-refractivity contribution in [2.75, 3.05) is 13.2 Å². The zero-order valence-corrected chi connectivity index (χ0v) is 5.88. The van der Waals surface area contributed by atoms with Gasteiger partial charge >= 0.3 is 0 Å². The summed E-state index contributed by atoms with van der Waals surface area (Å²) in [4.78, 5) is 0. The van der Waals surface area contributed by atoms with Crippen molar-refractivity contribution in [3.8, 4) is 6.07 Å². The fourth-order valence-corrected chi connectivity index (χ4v) is 0.922. The molecular weight excluding hydrogens is 130 g/mol. The first-order valence-corrected chi connectivity index (χ1v) is 3.53. The van der Waals surface area contributed by atoms with Crippen LogP contribution in [0.1, 0.15) is 19.3 Å². The molecule has 1 rings (SSSR count). The molecule has 1 aliphatic heterocycles. The molecule has 0 bridgehead atoms. The summed E-state index contributed by atoms with van der Waals surface area (Å²) in [6.07, 6.45) is 2.30. The third kappa shape index (κ3) is 2.34. The van der Waals surface area contributed by atoms with Crippen molar-refractivity contribution in [1.82, 2.24) is 0 Å². The Balaban J connectivity index is 1.97. The van der Waals surface area contributed by atoms with Crippen molar-refractivity contribution in [3.63, 3.8) is 0 Å². The first kappa shape index (κ1) is 7.52. The predicted octanol–water partition coefficient (Wildman–Crippen LogP) is 1.05. The van der Waals surface area contributed by atoms with Gasteiger partial charge in [-0.15, -0.1) is 0 Å².